The Morgan fingerprint density at radius 2 is 1.85 bits per heavy atom. The normalized spacial score (nSPS) is 11.3. The number of rotatable bonds is 4. The van der Waals surface area contributed by atoms with E-state index in [1.54, 1.807) is 19.0 Å². The fourth-order valence-corrected chi connectivity index (χ4v) is 1.16. The molecule has 13 heavy (non-hydrogen) atoms. The third-order valence-electron chi connectivity index (χ3n) is 1.73. The van der Waals surface area contributed by atoms with Crippen molar-refractivity contribution in [3.8, 4) is 0 Å². The van der Waals surface area contributed by atoms with Crippen LogP contribution in [0.4, 0.5) is 0 Å². The zero-order chi connectivity index (χ0) is 10.4. The summed E-state index contributed by atoms with van der Waals surface area (Å²) in [5, 5.41) is 0. The highest BCUT2D eigenvalue weighted by Gasteiger charge is 2.06. The molecular weight excluding hydrogens is 164 g/mol. The number of nitrogens with zero attached hydrogens (tertiary/aromatic N) is 2. The van der Waals surface area contributed by atoms with Gasteiger partial charge in [-0.05, 0) is 13.3 Å². The molecule has 0 radical (unpaired) electrons. The van der Waals surface area contributed by atoms with E-state index < -0.39 is 0 Å². The zero-order valence-electron chi connectivity index (χ0n) is 9.29. The summed E-state index contributed by atoms with van der Waals surface area (Å²) in [6, 6.07) is 0. The molecule has 3 heteroatoms. The third kappa shape index (κ3) is 4.55. The Morgan fingerprint density at radius 3 is 2.23 bits per heavy atom. The molecule has 0 aliphatic heterocycles. The Labute approximate surface area is 81.0 Å². The maximum Gasteiger partial charge on any atom is 0.250 e. The van der Waals surface area contributed by atoms with Crippen LogP contribution in [0.5, 0.6) is 0 Å². The predicted octanol–water partition coefficient (Wildman–Crippen LogP) is 1.32. The fourth-order valence-electron chi connectivity index (χ4n) is 1.16. The van der Waals surface area contributed by atoms with Gasteiger partial charge in [-0.15, -0.1) is 0 Å². The molecule has 0 aliphatic rings. The summed E-state index contributed by atoms with van der Waals surface area (Å²) < 4.78 is 0. The Kier molecular flexibility index (Phi) is 5.19. The number of hydrogen-bond acceptors (Lipinski definition) is 2. The highest BCUT2D eigenvalue weighted by Crippen LogP contribution is 1.99. The molecule has 0 aromatic carbocycles. The van der Waals surface area contributed by atoms with E-state index in [1.165, 1.54) is 0 Å². The molecule has 0 aromatic heterocycles. The van der Waals surface area contributed by atoms with Gasteiger partial charge in [-0.25, -0.2) is 0 Å². The summed E-state index contributed by atoms with van der Waals surface area (Å²) in [6.45, 7) is 4.94. The van der Waals surface area contributed by atoms with Crippen LogP contribution in [-0.4, -0.2) is 43.4 Å². The molecule has 0 atom stereocenters. The number of hydrogen-bond donors (Lipinski definition) is 0. The van der Waals surface area contributed by atoms with Crippen LogP contribution in [0.15, 0.2) is 11.8 Å². The Bertz CT molecular complexity index is 197. The van der Waals surface area contributed by atoms with Gasteiger partial charge in [-0.2, -0.15) is 0 Å². The molecule has 3 nitrogen and oxygen atoms in total. The fraction of sp³-hybridized carbons (Fsp3) is 0.700. The van der Waals surface area contributed by atoms with E-state index in [4.69, 9.17) is 0 Å². The van der Waals surface area contributed by atoms with Gasteiger partial charge in [-0.1, -0.05) is 6.92 Å². The Morgan fingerprint density at radius 1 is 1.31 bits per heavy atom. The van der Waals surface area contributed by atoms with Crippen molar-refractivity contribution in [2.24, 2.45) is 0 Å². The lowest BCUT2D eigenvalue weighted by Crippen LogP contribution is -2.24. The second-order valence-corrected chi connectivity index (χ2v) is 3.49. The first-order chi connectivity index (χ1) is 5.99. The summed E-state index contributed by atoms with van der Waals surface area (Å²) >= 11 is 0. The first kappa shape index (κ1) is 12.0. The van der Waals surface area contributed by atoms with Crippen LogP contribution < -0.4 is 0 Å². The van der Waals surface area contributed by atoms with E-state index in [-0.39, 0.29) is 5.91 Å². The standard InChI is InChI=1S/C10H20N2O/c1-6-7-12(5)8-9(2)10(13)11(3)4/h8H,6-7H2,1-5H3. The van der Waals surface area contributed by atoms with Crippen molar-refractivity contribution in [3.63, 3.8) is 0 Å². The lowest BCUT2D eigenvalue weighted by molar-refractivity contribution is -0.124. The molecule has 0 saturated carbocycles. The van der Waals surface area contributed by atoms with Crippen molar-refractivity contribution in [1.82, 2.24) is 9.80 Å². The monoisotopic (exact) mass is 184 g/mol. The molecule has 0 N–H and O–H groups in total. The second kappa shape index (κ2) is 5.62. The maximum atomic E-state index is 11.4. The summed E-state index contributed by atoms with van der Waals surface area (Å²) in [5.41, 5.74) is 0.779. The SMILES string of the molecule is CCCN(C)C=C(C)C(=O)N(C)C. The van der Waals surface area contributed by atoms with E-state index in [0.717, 1.165) is 18.5 Å². The minimum absolute atomic E-state index is 0.0722. The minimum Gasteiger partial charge on any atom is -0.380 e. The van der Waals surface area contributed by atoms with E-state index in [9.17, 15) is 4.79 Å². The zero-order valence-corrected chi connectivity index (χ0v) is 9.29. The lowest BCUT2D eigenvalue weighted by Gasteiger charge is -2.16. The van der Waals surface area contributed by atoms with Crippen molar-refractivity contribution in [2.75, 3.05) is 27.7 Å². The molecule has 0 saturated heterocycles. The van der Waals surface area contributed by atoms with Gasteiger partial charge >= 0.3 is 0 Å². The van der Waals surface area contributed by atoms with Crippen molar-refractivity contribution >= 4 is 5.91 Å². The molecule has 0 bridgehead atoms. The van der Waals surface area contributed by atoms with Gasteiger partial charge in [0.1, 0.15) is 0 Å². The quantitative estimate of drug-likeness (QED) is 0.615. The number of carbonyl (C=O) groups is 1. The van der Waals surface area contributed by atoms with Crippen LogP contribution >= 0.6 is 0 Å². The van der Waals surface area contributed by atoms with Gasteiger partial charge in [0.15, 0.2) is 0 Å². The van der Waals surface area contributed by atoms with E-state index >= 15 is 0 Å². The van der Waals surface area contributed by atoms with Crippen molar-refractivity contribution in [3.05, 3.63) is 11.8 Å². The number of amides is 1. The minimum atomic E-state index is 0.0722. The average molecular weight is 184 g/mol. The smallest absolute Gasteiger partial charge is 0.250 e. The van der Waals surface area contributed by atoms with Crippen LogP contribution in [-0.2, 0) is 4.79 Å². The van der Waals surface area contributed by atoms with E-state index in [2.05, 4.69) is 6.92 Å². The van der Waals surface area contributed by atoms with Crippen LogP contribution in [0.2, 0.25) is 0 Å². The molecule has 0 aliphatic carbocycles. The highest BCUT2D eigenvalue weighted by atomic mass is 16.2. The van der Waals surface area contributed by atoms with Crippen molar-refractivity contribution in [2.45, 2.75) is 20.3 Å². The van der Waals surface area contributed by atoms with Crippen LogP contribution in [0.25, 0.3) is 0 Å². The summed E-state index contributed by atoms with van der Waals surface area (Å²) in [6.07, 6.45) is 2.99. The van der Waals surface area contributed by atoms with Gasteiger partial charge < -0.3 is 9.80 Å². The summed E-state index contributed by atoms with van der Waals surface area (Å²) in [7, 11) is 5.51. The average Bonchev–Trinajstić information content (AvgIpc) is 2.03. The highest BCUT2D eigenvalue weighted by molar-refractivity contribution is 5.92. The van der Waals surface area contributed by atoms with Gasteiger partial charge in [0, 0.05) is 39.5 Å². The number of carbonyl (C=O) groups excluding carboxylic acids is 1. The lowest BCUT2D eigenvalue weighted by atomic mass is 10.3. The van der Waals surface area contributed by atoms with Crippen molar-refractivity contribution in [1.29, 1.82) is 0 Å². The third-order valence-corrected chi connectivity index (χ3v) is 1.73. The van der Waals surface area contributed by atoms with Crippen LogP contribution in [0, 0.1) is 0 Å². The number of likely N-dealkylation sites (N-methyl/N-ethyl adjacent to an activating group) is 1. The molecule has 0 unspecified atom stereocenters. The molecule has 0 spiro atoms. The molecule has 0 aromatic rings. The Balaban J connectivity index is 4.22. The first-order valence-corrected chi connectivity index (χ1v) is 4.59. The molecule has 0 rings (SSSR count). The largest absolute Gasteiger partial charge is 0.380 e. The van der Waals surface area contributed by atoms with Gasteiger partial charge in [0.25, 0.3) is 0 Å². The molecule has 0 heterocycles. The molecular formula is C10H20N2O. The summed E-state index contributed by atoms with van der Waals surface area (Å²) in [5.74, 6) is 0.0722. The predicted molar refractivity (Wildman–Crippen MR) is 55.4 cm³/mol. The molecule has 1 amide bonds. The van der Waals surface area contributed by atoms with E-state index in [0.29, 0.717) is 0 Å². The second-order valence-electron chi connectivity index (χ2n) is 3.49. The van der Waals surface area contributed by atoms with Gasteiger partial charge in [-0.3, -0.25) is 4.79 Å². The van der Waals surface area contributed by atoms with E-state index in [1.807, 2.05) is 25.1 Å². The van der Waals surface area contributed by atoms with Gasteiger partial charge in [0.2, 0.25) is 5.91 Å². The van der Waals surface area contributed by atoms with Gasteiger partial charge in [0.05, 0.1) is 0 Å². The van der Waals surface area contributed by atoms with Crippen LogP contribution in [0.1, 0.15) is 20.3 Å². The molecule has 0 fully saturated rings. The maximum absolute atomic E-state index is 11.4. The molecule has 76 valence electrons. The topological polar surface area (TPSA) is 23.6 Å². The Hall–Kier alpha value is -0.990. The van der Waals surface area contributed by atoms with Crippen LogP contribution in [0.3, 0.4) is 0 Å². The summed E-state index contributed by atoms with van der Waals surface area (Å²) in [4.78, 5) is 15.0. The van der Waals surface area contributed by atoms with Crippen molar-refractivity contribution < 1.29 is 4.79 Å². The first-order valence-electron chi connectivity index (χ1n) is 4.59.